The number of nitrogens with two attached hydrogens (primary N) is 1. The fourth-order valence-corrected chi connectivity index (χ4v) is 1.54. The second-order valence-corrected chi connectivity index (χ2v) is 4.04. The van der Waals surface area contributed by atoms with Crippen molar-refractivity contribution in [3.63, 3.8) is 0 Å². The zero-order valence-electron chi connectivity index (χ0n) is 9.88. The number of hydrogen-bond donors (Lipinski definition) is 3. The Kier molecular flexibility index (Phi) is 4.56. The van der Waals surface area contributed by atoms with Gasteiger partial charge in [0.1, 0.15) is 11.7 Å². The van der Waals surface area contributed by atoms with E-state index in [0.717, 1.165) is 0 Å². The van der Waals surface area contributed by atoms with Gasteiger partial charge in [0.05, 0.1) is 12.8 Å². The smallest absolute Gasteiger partial charge is 0.231 e. The average molecular weight is 239 g/mol. The molecule has 0 radical (unpaired) electrons. The molecule has 1 aromatic heterocycles. The Bertz CT molecular complexity index is 385. The van der Waals surface area contributed by atoms with E-state index in [-0.39, 0.29) is 24.2 Å². The lowest BCUT2D eigenvalue weighted by Gasteiger charge is -2.18. The fourth-order valence-electron chi connectivity index (χ4n) is 1.54. The summed E-state index contributed by atoms with van der Waals surface area (Å²) >= 11 is 0. The Balaban J connectivity index is 2.60. The number of furan rings is 1. The predicted octanol–water partition coefficient (Wildman–Crippen LogP) is 0.914. The van der Waals surface area contributed by atoms with Crippen LogP contribution in [0, 0.1) is 11.8 Å². The quantitative estimate of drug-likeness (QED) is 0.308. The van der Waals surface area contributed by atoms with Gasteiger partial charge in [-0.3, -0.25) is 4.79 Å². The Morgan fingerprint density at radius 1 is 1.65 bits per heavy atom. The van der Waals surface area contributed by atoms with E-state index in [1.54, 1.807) is 12.1 Å². The van der Waals surface area contributed by atoms with E-state index < -0.39 is 5.92 Å². The maximum Gasteiger partial charge on any atom is 0.231 e. The molecular formula is C11H17N3O3. The molecule has 17 heavy (non-hydrogen) atoms. The molecular weight excluding hydrogens is 222 g/mol. The molecule has 4 N–H and O–H groups in total. The summed E-state index contributed by atoms with van der Waals surface area (Å²) in [5, 5.41) is 14.2. The van der Waals surface area contributed by atoms with E-state index in [1.165, 1.54) is 6.26 Å². The van der Waals surface area contributed by atoms with Crippen molar-refractivity contribution < 1.29 is 14.4 Å². The van der Waals surface area contributed by atoms with Gasteiger partial charge in [-0.1, -0.05) is 19.0 Å². The van der Waals surface area contributed by atoms with Crippen LogP contribution in [0.1, 0.15) is 19.6 Å². The van der Waals surface area contributed by atoms with Gasteiger partial charge in [0.15, 0.2) is 5.84 Å². The zero-order valence-corrected chi connectivity index (χ0v) is 9.88. The van der Waals surface area contributed by atoms with Crippen LogP contribution < -0.4 is 11.1 Å². The third-order valence-corrected chi connectivity index (χ3v) is 2.40. The average Bonchev–Trinajstić information content (AvgIpc) is 2.78. The first-order valence-corrected chi connectivity index (χ1v) is 5.33. The summed E-state index contributed by atoms with van der Waals surface area (Å²) in [7, 11) is 0. The fraction of sp³-hybridized carbons (Fsp3) is 0.455. The van der Waals surface area contributed by atoms with Crippen LogP contribution in [-0.2, 0) is 11.3 Å². The molecule has 6 nitrogen and oxygen atoms in total. The van der Waals surface area contributed by atoms with E-state index in [2.05, 4.69) is 10.5 Å². The van der Waals surface area contributed by atoms with Crippen LogP contribution in [0.4, 0.5) is 0 Å². The van der Waals surface area contributed by atoms with Crippen molar-refractivity contribution in [1.29, 1.82) is 0 Å². The van der Waals surface area contributed by atoms with Crippen molar-refractivity contribution in [2.45, 2.75) is 20.4 Å². The van der Waals surface area contributed by atoms with E-state index in [1.807, 2.05) is 13.8 Å². The van der Waals surface area contributed by atoms with Crippen LogP contribution in [0.15, 0.2) is 28.0 Å². The molecule has 0 bridgehead atoms. The highest BCUT2D eigenvalue weighted by atomic mass is 16.4. The molecule has 0 aliphatic heterocycles. The summed E-state index contributed by atoms with van der Waals surface area (Å²) in [5.41, 5.74) is 5.48. The first kappa shape index (κ1) is 13.1. The Labute approximate surface area is 99.5 Å². The van der Waals surface area contributed by atoms with Crippen LogP contribution in [0.25, 0.3) is 0 Å². The van der Waals surface area contributed by atoms with E-state index in [4.69, 9.17) is 15.4 Å². The summed E-state index contributed by atoms with van der Waals surface area (Å²) in [4.78, 5) is 11.9. The molecule has 0 aliphatic carbocycles. The number of rotatable bonds is 5. The number of carbonyl (C=O) groups excluding carboxylic acids is 1. The number of carbonyl (C=O) groups is 1. The molecule has 1 aromatic rings. The first-order valence-electron chi connectivity index (χ1n) is 5.33. The minimum Gasteiger partial charge on any atom is -0.467 e. The van der Waals surface area contributed by atoms with Gasteiger partial charge in [0.2, 0.25) is 5.91 Å². The maximum atomic E-state index is 11.9. The standard InChI is InChI=1S/C11H17N3O3/c1-7(2)9(10(12)14-16)11(15)13-6-8-4-3-5-17-8/h3-5,7,9,16H,6H2,1-2H3,(H2,12,14)(H,13,15). The highest BCUT2D eigenvalue weighted by Crippen LogP contribution is 2.11. The van der Waals surface area contributed by atoms with Gasteiger partial charge < -0.3 is 20.7 Å². The lowest BCUT2D eigenvalue weighted by atomic mass is 9.94. The molecule has 1 rings (SSSR count). The van der Waals surface area contributed by atoms with Gasteiger partial charge in [-0.05, 0) is 18.1 Å². The lowest BCUT2D eigenvalue weighted by Crippen LogP contribution is -2.41. The number of amidine groups is 1. The van der Waals surface area contributed by atoms with Crippen molar-refractivity contribution in [2.24, 2.45) is 22.7 Å². The molecule has 1 atom stereocenters. The topological polar surface area (TPSA) is 101 Å². The highest BCUT2D eigenvalue weighted by molar-refractivity contribution is 6.02. The van der Waals surface area contributed by atoms with Gasteiger partial charge in [-0.25, -0.2) is 0 Å². The zero-order chi connectivity index (χ0) is 12.8. The minimum atomic E-state index is -0.644. The lowest BCUT2D eigenvalue weighted by molar-refractivity contribution is -0.124. The molecule has 0 fully saturated rings. The third-order valence-electron chi connectivity index (χ3n) is 2.40. The Morgan fingerprint density at radius 3 is 2.82 bits per heavy atom. The summed E-state index contributed by atoms with van der Waals surface area (Å²) in [6.45, 7) is 3.94. The molecule has 6 heteroatoms. The van der Waals surface area contributed by atoms with E-state index in [0.29, 0.717) is 5.76 Å². The SMILES string of the molecule is CC(C)C(C(=O)NCc1ccco1)/C(N)=N/O. The first-order chi connectivity index (χ1) is 8.06. The number of hydrogen-bond acceptors (Lipinski definition) is 4. The van der Waals surface area contributed by atoms with Crippen molar-refractivity contribution >= 4 is 11.7 Å². The van der Waals surface area contributed by atoms with E-state index in [9.17, 15) is 4.79 Å². The monoisotopic (exact) mass is 239 g/mol. The molecule has 0 aromatic carbocycles. The van der Waals surface area contributed by atoms with Crippen LogP contribution in [0.2, 0.25) is 0 Å². The Hall–Kier alpha value is -1.98. The van der Waals surface area contributed by atoms with Gasteiger partial charge >= 0.3 is 0 Å². The van der Waals surface area contributed by atoms with E-state index >= 15 is 0 Å². The minimum absolute atomic E-state index is 0.0532. The van der Waals surface area contributed by atoms with Gasteiger partial charge in [-0.2, -0.15) is 0 Å². The third kappa shape index (κ3) is 3.51. The summed E-state index contributed by atoms with van der Waals surface area (Å²) in [6, 6.07) is 3.50. The second kappa shape index (κ2) is 5.93. The Morgan fingerprint density at radius 2 is 2.35 bits per heavy atom. The summed E-state index contributed by atoms with van der Waals surface area (Å²) < 4.78 is 5.09. The molecule has 94 valence electrons. The van der Waals surface area contributed by atoms with Crippen molar-refractivity contribution in [3.8, 4) is 0 Å². The number of oxime groups is 1. The van der Waals surface area contributed by atoms with Crippen molar-refractivity contribution in [3.05, 3.63) is 24.2 Å². The molecule has 0 aliphatic rings. The number of amides is 1. The maximum absolute atomic E-state index is 11.9. The van der Waals surface area contributed by atoms with Crippen molar-refractivity contribution in [2.75, 3.05) is 0 Å². The molecule has 0 spiro atoms. The molecule has 1 amide bonds. The van der Waals surface area contributed by atoms with Crippen molar-refractivity contribution in [1.82, 2.24) is 5.32 Å². The van der Waals surface area contributed by atoms with Crippen LogP contribution >= 0.6 is 0 Å². The van der Waals surface area contributed by atoms with Gasteiger partial charge in [0.25, 0.3) is 0 Å². The largest absolute Gasteiger partial charge is 0.467 e. The van der Waals surface area contributed by atoms with Gasteiger partial charge in [-0.15, -0.1) is 0 Å². The highest BCUT2D eigenvalue weighted by Gasteiger charge is 2.26. The summed E-state index contributed by atoms with van der Waals surface area (Å²) in [5.74, 6) is -0.415. The van der Waals surface area contributed by atoms with Crippen LogP contribution in [-0.4, -0.2) is 17.0 Å². The molecule has 0 saturated heterocycles. The van der Waals surface area contributed by atoms with Gasteiger partial charge in [0, 0.05) is 0 Å². The number of nitrogens with zero attached hydrogens (tertiary/aromatic N) is 1. The predicted molar refractivity (Wildman–Crippen MR) is 62.3 cm³/mol. The molecule has 0 saturated carbocycles. The summed E-state index contributed by atoms with van der Waals surface area (Å²) in [6.07, 6.45) is 1.53. The normalized spacial score (nSPS) is 13.7. The molecule has 1 unspecified atom stereocenters. The van der Waals surface area contributed by atoms with Crippen LogP contribution in [0.3, 0.4) is 0 Å². The second-order valence-electron chi connectivity index (χ2n) is 4.04. The molecule has 1 heterocycles. The van der Waals surface area contributed by atoms with Crippen LogP contribution in [0.5, 0.6) is 0 Å². The number of nitrogens with one attached hydrogen (secondary N) is 1.